The zero-order valence-electron chi connectivity index (χ0n) is 10.7. The zero-order valence-corrected chi connectivity index (χ0v) is 10.7. The number of amides is 2. The van der Waals surface area contributed by atoms with Crippen LogP contribution in [0.2, 0.25) is 0 Å². The summed E-state index contributed by atoms with van der Waals surface area (Å²) in [6.07, 6.45) is -0.495. The van der Waals surface area contributed by atoms with Crippen molar-refractivity contribution in [1.29, 1.82) is 0 Å². The highest BCUT2D eigenvalue weighted by atomic mass is 16.5. The molecule has 0 aromatic heterocycles. The minimum absolute atomic E-state index is 0.0929. The summed E-state index contributed by atoms with van der Waals surface area (Å²) in [5.74, 6) is -0.327. The molecule has 0 bridgehead atoms. The first-order chi connectivity index (χ1) is 8.06. The van der Waals surface area contributed by atoms with E-state index in [1.165, 1.54) is 0 Å². The van der Waals surface area contributed by atoms with E-state index in [1.54, 1.807) is 18.9 Å². The average Bonchev–Trinajstić information content (AvgIpc) is 2.37. The molecule has 1 rings (SSSR count). The van der Waals surface area contributed by atoms with Crippen molar-refractivity contribution in [3.05, 3.63) is 0 Å². The molecule has 1 fully saturated rings. The van der Waals surface area contributed by atoms with E-state index in [0.29, 0.717) is 19.7 Å². The quantitative estimate of drug-likeness (QED) is 0.661. The first kappa shape index (κ1) is 13.9. The van der Waals surface area contributed by atoms with Crippen LogP contribution in [-0.2, 0) is 14.3 Å². The Hall–Kier alpha value is -1.14. The standard InChI is InChI=1S/C11H21N3O3/c1-4-14(3)11(16)8(2)13-10(15)9-7-12-5-6-17-9/h8-9,12H,4-7H2,1-3H3,(H,13,15). The number of carbonyl (C=O) groups excluding carboxylic acids is 2. The number of ether oxygens (including phenoxy) is 1. The van der Waals surface area contributed by atoms with Crippen molar-refractivity contribution in [3.63, 3.8) is 0 Å². The Morgan fingerprint density at radius 3 is 2.82 bits per heavy atom. The lowest BCUT2D eigenvalue weighted by Crippen LogP contribution is -2.53. The summed E-state index contributed by atoms with van der Waals surface area (Å²) in [6, 6.07) is -0.516. The number of hydrogen-bond donors (Lipinski definition) is 2. The van der Waals surface area contributed by atoms with Gasteiger partial charge in [0.05, 0.1) is 6.61 Å². The minimum Gasteiger partial charge on any atom is -0.366 e. The van der Waals surface area contributed by atoms with E-state index in [4.69, 9.17) is 4.74 Å². The van der Waals surface area contributed by atoms with Gasteiger partial charge in [0, 0.05) is 26.7 Å². The molecule has 6 nitrogen and oxygen atoms in total. The third-order valence-corrected chi connectivity index (χ3v) is 2.80. The molecule has 1 aliphatic heterocycles. The fourth-order valence-corrected chi connectivity index (χ4v) is 1.59. The van der Waals surface area contributed by atoms with Crippen LogP contribution in [0.3, 0.4) is 0 Å². The largest absolute Gasteiger partial charge is 0.366 e. The lowest BCUT2D eigenvalue weighted by molar-refractivity contribution is -0.140. The smallest absolute Gasteiger partial charge is 0.251 e. The van der Waals surface area contributed by atoms with Crippen molar-refractivity contribution >= 4 is 11.8 Å². The van der Waals surface area contributed by atoms with Crippen molar-refractivity contribution in [1.82, 2.24) is 15.5 Å². The summed E-state index contributed by atoms with van der Waals surface area (Å²) < 4.78 is 5.31. The Bertz CT molecular complexity index is 277. The summed E-state index contributed by atoms with van der Waals surface area (Å²) in [4.78, 5) is 25.1. The highest BCUT2D eigenvalue weighted by molar-refractivity contribution is 5.89. The van der Waals surface area contributed by atoms with E-state index in [2.05, 4.69) is 10.6 Å². The summed E-state index contributed by atoms with van der Waals surface area (Å²) in [5, 5.41) is 5.74. The van der Waals surface area contributed by atoms with E-state index in [-0.39, 0.29) is 11.8 Å². The van der Waals surface area contributed by atoms with Crippen LogP contribution in [0.5, 0.6) is 0 Å². The second-order valence-electron chi connectivity index (χ2n) is 4.15. The molecular weight excluding hydrogens is 222 g/mol. The number of nitrogens with one attached hydrogen (secondary N) is 2. The average molecular weight is 243 g/mol. The van der Waals surface area contributed by atoms with Gasteiger partial charge < -0.3 is 20.3 Å². The van der Waals surface area contributed by atoms with Gasteiger partial charge in [0.25, 0.3) is 5.91 Å². The lowest BCUT2D eigenvalue weighted by atomic mass is 10.2. The fraction of sp³-hybridized carbons (Fsp3) is 0.818. The molecule has 0 spiro atoms. The summed E-state index contributed by atoms with van der Waals surface area (Å²) >= 11 is 0. The Labute approximate surface area is 102 Å². The van der Waals surface area contributed by atoms with E-state index >= 15 is 0 Å². The SMILES string of the molecule is CCN(C)C(=O)C(C)NC(=O)C1CNCCO1. The van der Waals surface area contributed by atoms with Gasteiger partial charge in [-0.2, -0.15) is 0 Å². The molecule has 1 heterocycles. The summed E-state index contributed by atoms with van der Waals surface area (Å²) in [7, 11) is 1.71. The van der Waals surface area contributed by atoms with Gasteiger partial charge in [0.1, 0.15) is 12.1 Å². The Balaban J connectivity index is 2.41. The highest BCUT2D eigenvalue weighted by Gasteiger charge is 2.25. The molecule has 0 aromatic rings. The van der Waals surface area contributed by atoms with Crippen LogP contribution in [0.25, 0.3) is 0 Å². The monoisotopic (exact) mass is 243 g/mol. The maximum Gasteiger partial charge on any atom is 0.251 e. The number of hydrogen-bond acceptors (Lipinski definition) is 4. The van der Waals surface area contributed by atoms with Crippen molar-refractivity contribution < 1.29 is 14.3 Å². The van der Waals surface area contributed by atoms with E-state index < -0.39 is 12.1 Å². The third-order valence-electron chi connectivity index (χ3n) is 2.80. The van der Waals surface area contributed by atoms with Gasteiger partial charge in [-0.25, -0.2) is 0 Å². The predicted molar refractivity (Wildman–Crippen MR) is 63.5 cm³/mol. The zero-order chi connectivity index (χ0) is 12.8. The summed E-state index contributed by atoms with van der Waals surface area (Å²) in [5.41, 5.74) is 0. The maximum absolute atomic E-state index is 11.8. The van der Waals surface area contributed by atoms with Crippen LogP contribution in [0.1, 0.15) is 13.8 Å². The number of likely N-dealkylation sites (N-methyl/N-ethyl adjacent to an activating group) is 1. The number of rotatable bonds is 4. The molecule has 2 amide bonds. The fourth-order valence-electron chi connectivity index (χ4n) is 1.59. The molecule has 1 saturated heterocycles. The predicted octanol–water partition coefficient (Wildman–Crippen LogP) is -1.04. The molecule has 0 aliphatic carbocycles. The van der Waals surface area contributed by atoms with Crippen LogP contribution in [0.4, 0.5) is 0 Å². The van der Waals surface area contributed by atoms with Gasteiger partial charge in [-0.3, -0.25) is 9.59 Å². The van der Waals surface area contributed by atoms with Crippen LogP contribution in [-0.4, -0.2) is 62.1 Å². The molecule has 1 aliphatic rings. The first-order valence-electron chi connectivity index (χ1n) is 5.94. The van der Waals surface area contributed by atoms with Gasteiger partial charge in [0.2, 0.25) is 5.91 Å². The molecule has 2 unspecified atom stereocenters. The normalized spacial score (nSPS) is 21.7. The van der Waals surface area contributed by atoms with Gasteiger partial charge in [-0.15, -0.1) is 0 Å². The van der Waals surface area contributed by atoms with E-state index in [1.807, 2.05) is 6.92 Å². The van der Waals surface area contributed by atoms with E-state index in [9.17, 15) is 9.59 Å². The van der Waals surface area contributed by atoms with Crippen molar-refractivity contribution in [2.24, 2.45) is 0 Å². The molecular formula is C11H21N3O3. The lowest BCUT2D eigenvalue weighted by Gasteiger charge is -2.25. The van der Waals surface area contributed by atoms with Crippen molar-refractivity contribution in [3.8, 4) is 0 Å². The van der Waals surface area contributed by atoms with Crippen LogP contribution < -0.4 is 10.6 Å². The number of morpholine rings is 1. The van der Waals surface area contributed by atoms with Crippen molar-refractivity contribution in [2.75, 3.05) is 33.3 Å². The minimum atomic E-state index is -0.516. The highest BCUT2D eigenvalue weighted by Crippen LogP contribution is 1.98. The molecule has 6 heteroatoms. The molecule has 0 aromatic carbocycles. The van der Waals surface area contributed by atoms with Crippen LogP contribution in [0, 0.1) is 0 Å². The van der Waals surface area contributed by atoms with E-state index in [0.717, 1.165) is 6.54 Å². The van der Waals surface area contributed by atoms with Gasteiger partial charge in [-0.1, -0.05) is 0 Å². The van der Waals surface area contributed by atoms with Gasteiger partial charge >= 0.3 is 0 Å². The number of carbonyl (C=O) groups is 2. The Kier molecular flexibility index (Phi) is 5.37. The maximum atomic E-state index is 11.8. The van der Waals surface area contributed by atoms with Crippen LogP contribution >= 0.6 is 0 Å². The second kappa shape index (κ2) is 6.56. The molecule has 2 atom stereocenters. The van der Waals surface area contributed by atoms with Gasteiger partial charge in [-0.05, 0) is 13.8 Å². The molecule has 2 N–H and O–H groups in total. The molecule has 0 saturated carbocycles. The molecule has 17 heavy (non-hydrogen) atoms. The Morgan fingerprint density at radius 2 is 2.29 bits per heavy atom. The third kappa shape index (κ3) is 3.98. The number of nitrogens with zero attached hydrogens (tertiary/aromatic N) is 1. The van der Waals surface area contributed by atoms with Crippen molar-refractivity contribution in [2.45, 2.75) is 26.0 Å². The second-order valence-corrected chi connectivity index (χ2v) is 4.15. The summed E-state index contributed by atoms with van der Waals surface area (Å²) in [6.45, 7) is 5.98. The molecule has 98 valence electrons. The molecule has 0 radical (unpaired) electrons. The Morgan fingerprint density at radius 1 is 1.59 bits per heavy atom. The van der Waals surface area contributed by atoms with Gasteiger partial charge in [0.15, 0.2) is 0 Å². The first-order valence-corrected chi connectivity index (χ1v) is 5.94. The van der Waals surface area contributed by atoms with Crippen LogP contribution in [0.15, 0.2) is 0 Å². The topological polar surface area (TPSA) is 70.7 Å².